The standard InChI is InChI=1S/C19H17F3N4O3/c1-10-7-11(2)23-16-15(10)17(28)26(18(29)25(16)3)9-14(27)24-13-6-4-5-12(8-13)19(20,21)22/h4-8H,9H2,1-3H3,(H,24,27). The number of fused-ring (bicyclic) bond motifs is 1. The molecule has 152 valence electrons. The predicted molar refractivity (Wildman–Crippen MR) is 101 cm³/mol. The largest absolute Gasteiger partial charge is 0.416 e. The highest BCUT2D eigenvalue weighted by Crippen LogP contribution is 2.30. The zero-order chi connectivity index (χ0) is 21.5. The second-order valence-corrected chi connectivity index (χ2v) is 6.64. The highest BCUT2D eigenvalue weighted by atomic mass is 19.4. The molecule has 7 nitrogen and oxygen atoms in total. The van der Waals surface area contributed by atoms with E-state index in [9.17, 15) is 27.6 Å². The third-order valence-corrected chi connectivity index (χ3v) is 4.40. The van der Waals surface area contributed by atoms with Crippen LogP contribution in [0, 0.1) is 13.8 Å². The molecule has 0 spiro atoms. The Kier molecular flexibility index (Phi) is 5.04. The average molecular weight is 406 g/mol. The number of hydrogen-bond donors (Lipinski definition) is 1. The van der Waals surface area contributed by atoms with Gasteiger partial charge in [0.25, 0.3) is 5.56 Å². The molecule has 0 bridgehead atoms. The number of alkyl halides is 3. The van der Waals surface area contributed by atoms with E-state index in [4.69, 9.17) is 0 Å². The minimum absolute atomic E-state index is 0.0936. The molecule has 0 saturated carbocycles. The second-order valence-electron chi connectivity index (χ2n) is 6.64. The monoisotopic (exact) mass is 406 g/mol. The lowest BCUT2D eigenvalue weighted by Crippen LogP contribution is -2.42. The van der Waals surface area contributed by atoms with Crippen LogP contribution in [0.5, 0.6) is 0 Å². The Morgan fingerprint density at radius 1 is 1.17 bits per heavy atom. The van der Waals surface area contributed by atoms with Crippen molar-refractivity contribution in [2.45, 2.75) is 26.6 Å². The zero-order valence-electron chi connectivity index (χ0n) is 15.8. The van der Waals surface area contributed by atoms with E-state index in [1.807, 2.05) is 0 Å². The molecular weight excluding hydrogens is 389 g/mol. The fraction of sp³-hybridized carbons (Fsp3) is 0.263. The lowest BCUT2D eigenvalue weighted by Gasteiger charge is -2.13. The van der Waals surface area contributed by atoms with Gasteiger partial charge in [0.15, 0.2) is 0 Å². The quantitative estimate of drug-likeness (QED) is 0.724. The number of amides is 1. The summed E-state index contributed by atoms with van der Waals surface area (Å²) in [5, 5.41) is 2.48. The van der Waals surface area contributed by atoms with E-state index in [1.165, 1.54) is 13.1 Å². The van der Waals surface area contributed by atoms with Gasteiger partial charge in [-0.15, -0.1) is 0 Å². The fourth-order valence-corrected chi connectivity index (χ4v) is 3.07. The van der Waals surface area contributed by atoms with Gasteiger partial charge in [-0.25, -0.2) is 9.78 Å². The molecule has 0 unspecified atom stereocenters. The van der Waals surface area contributed by atoms with Crippen LogP contribution < -0.4 is 16.6 Å². The summed E-state index contributed by atoms with van der Waals surface area (Å²) in [6.07, 6.45) is -4.56. The summed E-state index contributed by atoms with van der Waals surface area (Å²) in [5.41, 5.74) is -1.03. The van der Waals surface area contributed by atoms with E-state index in [0.29, 0.717) is 11.3 Å². The number of anilines is 1. The van der Waals surface area contributed by atoms with Gasteiger partial charge in [-0.3, -0.25) is 18.7 Å². The number of halogens is 3. The summed E-state index contributed by atoms with van der Waals surface area (Å²) < 4.78 is 40.3. The molecule has 0 aliphatic carbocycles. The first-order valence-corrected chi connectivity index (χ1v) is 8.54. The highest BCUT2D eigenvalue weighted by Gasteiger charge is 2.30. The van der Waals surface area contributed by atoms with Crippen molar-refractivity contribution in [3.05, 3.63) is 68.0 Å². The molecule has 29 heavy (non-hydrogen) atoms. The molecule has 0 aliphatic heterocycles. The number of pyridine rings is 1. The summed E-state index contributed by atoms with van der Waals surface area (Å²) >= 11 is 0. The Morgan fingerprint density at radius 3 is 2.52 bits per heavy atom. The third kappa shape index (κ3) is 3.91. The van der Waals surface area contributed by atoms with Crippen LogP contribution in [0.4, 0.5) is 18.9 Å². The van der Waals surface area contributed by atoms with Crippen LogP contribution in [0.3, 0.4) is 0 Å². The molecule has 3 rings (SSSR count). The van der Waals surface area contributed by atoms with Crippen molar-refractivity contribution < 1.29 is 18.0 Å². The van der Waals surface area contributed by atoms with E-state index in [2.05, 4.69) is 10.3 Å². The Morgan fingerprint density at radius 2 is 1.86 bits per heavy atom. The minimum Gasteiger partial charge on any atom is -0.325 e. The van der Waals surface area contributed by atoms with Gasteiger partial charge < -0.3 is 5.32 Å². The molecule has 3 aromatic rings. The topological polar surface area (TPSA) is 86.0 Å². The van der Waals surface area contributed by atoms with E-state index < -0.39 is 35.4 Å². The lowest BCUT2D eigenvalue weighted by atomic mass is 10.2. The van der Waals surface area contributed by atoms with Crippen molar-refractivity contribution in [3.63, 3.8) is 0 Å². The number of carbonyl (C=O) groups is 1. The van der Waals surface area contributed by atoms with Crippen LogP contribution in [-0.2, 0) is 24.6 Å². The Labute approximate surface area is 162 Å². The van der Waals surface area contributed by atoms with Crippen molar-refractivity contribution in [2.24, 2.45) is 7.05 Å². The summed E-state index contributed by atoms with van der Waals surface area (Å²) in [6.45, 7) is 2.77. The maximum Gasteiger partial charge on any atom is 0.416 e. The first-order valence-electron chi connectivity index (χ1n) is 8.54. The second kappa shape index (κ2) is 7.19. The van der Waals surface area contributed by atoms with Crippen molar-refractivity contribution in [1.82, 2.24) is 14.1 Å². The number of aromatic nitrogens is 3. The molecule has 10 heteroatoms. The lowest BCUT2D eigenvalue weighted by molar-refractivity contribution is -0.137. The van der Waals surface area contributed by atoms with Gasteiger partial charge in [0.1, 0.15) is 12.2 Å². The van der Waals surface area contributed by atoms with E-state index in [0.717, 1.165) is 27.3 Å². The van der Waals surface area contributed by atoms with Crippen LogP contribution in [0.2, 0.25) is 0 Å². The summed E-state index contributed by atoms with van der Waals surface area (Å²) in [5.74, 6) is -0.805. The molecule has 0 atom stereocenters. The zero-order valence-corrected chi connectivity index (χ0v) is 15.8. The molecule has 2 aromatic heterocycles. The van der Waals surface area contributed by atoms with Gasteiger partial charge >= 0.3 is 11.9 Å². The smallest absolute Gasteiger partial charge is 0.325 e. The first kappa shape index (κ1) is 20.3. The average Bonchev–Trinajstić information content (AvgIpc) is 2.62. The number of nitrogens with one attached hydrogen (secondary N) is 1. The maximum atomic E-state index is 12.8. The van der Waals surface area contributed by atoms with E-state index >= 15 is 0 Å². The molecule has 0 radical (unpaired) electrons. The predicted octanol–water partition coefficient (Wildman–Crippen LogP) is 2.37. The number of benzene rings is 1. The normalized spacial score (nSPS) is 11.7. The first-order chi connectivity index (χ1) is 13.5. The molecule has 0 aliphatic rings. The summed E-state index contributed by atoms with van der Waals surface area (Å²) in [4.78, 5) is 41.9. The van der Waals surface area contributed by atoms with Crippen molar-refractivity contribution >= 4 is 22.6 Å². The molecule has 2 heterocycles. The Hall–Kier alpha value is -3.43. The van der Waals surface area contributed by atoms with Gasteiger partial charge in [-0.05, 0) is 43.7 Å². The third-order valence-electron chi connectivity index (χ3n) is 4.40. The molecule has 1 aromatic carbocycles. The van der Waals surface area contributed by atoms with E-state index in [1.54, 1.807) is 19.9 Å². The van der Waals surface area contributed by atoms with Gasteiger partial charge in [0.05, 0.1) is 10.9 Å². The van der Waals surface area contributed by atoms with Gasteiger partial charge in [0, 0.05) is 18.4 Å². The SMILES string of the molecule is Cc1cc(C)c2c(=O)n(CC(=O)Nc3cccc(C(F)(F)F)c3)c(=O)n(C)c2n1. The fourth-order valence-electron chi connectivity index (χ4n) is 3.07. The maximum absolute atomic E-state index is 12.8. The number of rotatable bonds is 3. The van der Waals surface area contributed by atoms with Crippen molar-refractivity contribution in [1.29, 1.82) is 0 Å². The summed E-state index contributed by atoms with van der Waals surface area (Å²) in [6, 6.07) is 5.76. The van der Waals surface area contributed by atoms with Crippen LogP contribution >= 0.6 is 0 Å². The molecule has 1 amide bonds. The van der Waals surface area contributed by atoms with Gasteiger partial charge in [-0.1, -0.05) is 6.07 Å². The van der Waals surface area contributed by atoms with Crippen LogP contribution in [0.1, 0.15) is 16.8 Å². The van der Waals surface area contributed by atoms with Crippen molar-refractivity contribution in [2.75, 3.05) is 5.32 Å². The highest BCUT2D eigenvalue weighted by molar-refractivity contribution is 5.90. The van der Waals surface area contributed by atoms with Crippen LogP contribution in [0.25, 0.3) is 11.0 Å². The Bertz CT molecular complexity index is 1240. The number of hydrogen-bond acceptors (Lipinski definition) is 4. The summed E-state index contributed by atoms with van der Waals surface area (Å²) in [7, 11) is 1.43. The van der Waals surface area contributed by atoms with Crippen LogP contribution in [0.15, 0.2) is 39.9 Å². The number of carbonyl (C=O) groups excluding carboxylic acids is 1. The van der Waals surface area contributed by atoms with Gasteiger partial charge in [0.2, 0.25) is 5.91 Å². The number of aryl methyl sites for hydroxylation is 3. The molecule has 0 fully saturated rings. The molecule has 1 N–H and O–H groups in total. The Balaban J connectivity index is 1.98. The van der Waals surface area contributed by atoms with Gasteiger partial charge in [-0.2, -0.15) is 13.2 Å². The van der Waals surface area contributed by atoms with Crippen molar-refractivity contribution in [3.8, 4) is 0 Å². The minimum atomic E-state index is -4.56. The molecular formula is C19H17F3N4O3. The van der Waals surface area contributed by atoms with Crippen LogP contribution in [-0.4, -0.2) is 20.0 Å². The number of nitrogens with zero attached hydrogens (tertiary/aromatic N) is 3. The van der Waals surface area contributed by atoms with E-state index in [-0.39, 0.29) is 16.7 Å². The molecule has 0 saturated heterocycles.